The number of fused-ring (bicyclic) bond motifs is 1. The van der Waals surface area contributed by atoms with E-state index < -0.39 is 0 Å². The molecule has 4 aromatic rings. The highest BCUT2D eigenvalue weighted by atomic mass is 32.1. The molecule has 0 aliphatic carbocycles. The molecule has 3 nitrogen and oxygen atoms in total. The summed E-state index contributed by atoms with van der Waals surface area (Å²) in [6, 6.07) is 14.2. The molecule has 0 saturated carbocycles. The van der Waals surface area contributed by atoms with Gasteiger partial charge in [-0.2, -0.15) is 0 Å². The van der Waals surface area contributed by atoms with Crippen molar-refractivity contribution in [3.05, 3.63) is 87.5 Å². The van der Waals surface area contributed by atoms with Crippen LogP contribution in [0.25, 0.3) is 21.3 Å². The van der Waals surface area contributed by atoms with Gasteiger partial charge in [-0.05, 0) is 35.7 Å². The van der Waals surface area contributed by atoms with E-state index in [4.69, 9.17) is 0 Å². The molecule has 0 unspecified atom stereocenters. The molecule has 0 radical (unpaired) electrons. The van der Waals surface area contributed by atoms with Crippen molar-refractivity contribution in [3.8, 4) is 11.1 Å². The van der Waals surface area contributed by atoms with Gasteiger partial charge in [-0.1, -0.05) is 36.4 Å². The minimum atomic E-state index is -0.286. The molecule has 0 amide bonds. The fourth-order valence-corrected chi connectivity index (χ4v) is 3.87. The summed E-state index contributed by atoms with van der Waals surface area (Å²) in [4.78, 5) is 17.3. The Morgan fingerprint density at radius 3 is 2.60 bits per heavy atom. The van der Waals surface area contributed by atoms with Gasteiger partial charge in [0, 0.05) is 10.9 Å². The minimum Gasteiger partial charge on any atom is -0.294 e. The van der Waals surface area contributed by atoms with Crippen molar-refractivity contribution in [2.75, 3.05) is 0 Å². The van der Waals surface area contributed by atoms with Crippen molar-refractivity contribution in [2.45, 2.75) is 13.5 Å². The molecule has 0 atom stereocenters. The molecule has 2 heterocycles. The maximum absolute atomic E-state index is 13.0. The van der Waals surface area contributed by atoms with E-state index in [0.717, 1.165) is 27.8 Å². The molecule has 4 rings (SSSR count). The monoisotopic (exact) mass is 350 g/mol. The fraction of sp³-hybridized carbons (Fsp3) is 0.100. The second kappa shape index (κ2) is 6.26. The average Bonchev–Trinajstić information content (AvgIpc) is 3.04. The molecule has 0 N–H and O–H groups in total. The molecule has 2 aromatic carbocycles. The van der Waals surface area contributed by atoms with E-state index in [1.807, 2.05) is 23.6 Å². The van der Waals surface area contributed by atoms with E-state index in [1.54, 1.807) is 23.0 Å². The third-order valence-corrected chi connectivity index (χ3v) is 5.20. The lowest BCUT2D eigenvalue weighted by Gasteiger charge is -2.07. The average molecular weight is 350 g/mol. The molecule has 0 spiro atoms. The Morgan fingerprint density at radius 1 is 1.08 bits per heavy atom. The summed E-state index contributed by atoms with van der Waals surface area (Å²) in [5.74, 6) is -0.286. The highest BCUT2D eigenvalue weighted by Gasteiger charge is 2.13. The van der Waals surface area contributed by atoms with Gasteiger partial charge < -0.3 is 0 Å². The van der Waals surface area contributed by atoms with E-state index in [2.05, 4.69) is 18.0 Å². The molecule has 0 saturated heterocycles. The van der Waals surface area contributed by atoms with E-state index in [-0.39, 0.29) is 11.4 Å². The van der Waals surface area contributed by atoms with Crippen LogP contribution in [0, 0.1) is 12.7 Å². The number of hydrogen-bond acceptors (Lipinski definition) is 3. The van der Waals surface area contributed by atoms with Crippen molar-refractivity contribution in [1.82, 2.24) is 9.55 Å². The van der Waals surface area contributed by atoms with Gasteiger partial charge in [0.1, 0.15) is 10.5 Å². The maximum atomic E-state index is 13.0. The molecule has 0 aliphatic heterocycles. The predicted molar refractivity (Wildman–Crippen MR) is 99.6 cm³/mol. The normalized spacial score (nSPS) is 11.1. The Bertz CT molecular complexity index is 1110. The summed E-state index contributed by atoms with van der Waals surface area (Å²) in [6.07, 6.45) is 1.57. The maximum Gasteiger partial charge on any atom is 0.271 e. The Labute approximate surface area is 148 Å². The molecule has 0 fully saturated rings. The van der Waals surface area contributed by atoms with Gasteiger partial charge in [-0.25, -0.2) is 9.37 Å². The van der Waals surface area contributed by atoms with Gasteiger partial charge in [0.25, 0.3) is 5.56 Å². The third-order valence-electron chi connectivity index (χ3n) is 4.25. The van der Waals surface area contributed by atoms with Gasteiger partial charge in [0.05, 0.1) is 18.4 Å². The molecule has 0 aliphatic rings. The van der Waals surface area contributed by atoms with Crippen LogP contribution in [-0.4, -0.2) is 9.55 Å². The Hall–Kier alpha value is -2.79. The SMILES string of the molecule is Cc1ccccc1-c1csc2c(=O)n(Cc3ccc(F)cc3)cnc12. The smallest absolute Gasteiger partial charge is 0.271 e. The molecule has 5 heteroatoms. The zero-order chi connectivity index (χ0) is 17.4. The zero-order valence-corrected chi connectivity index (χ0v) is 14.4. The highest BCUT2D eigenvalue weighted by Crippen LogP contribution is 2.32. The van der Waals surface area contributed by atoms with Gasteiger partial charge in [0.15, 0.2) is 0 Å². The summed E-state index contributed by atoms with van der Waals surface area (Å²) in [5.41, 5.74) is 4.76. The Balaban J connectivity index is 1.78. The predicted octanol–water partition coefficient (Wildman–Crippen LogP) is 4.62. The van der Waals surface area contributed by atoms with Crippen LogP contribution in [0.3, 0.4) is 0 Å². The summed E-state index contributed by atoms with van der Waals surface area (Å²) < 4.78 is 15.2. The van der Waals surface area contributed by atoms with Gasteiger partial charge in [0.2, 0.25) is 0 Å². The lowest BCUT2D eigenvalue weighted by molar-refractivity contribution is 0.626. The first kappa shape index (κ1) is 15.7. The number of nitrogens with zero attached hydrogens (tertiary/aromatic N) is 2. The van der Waals surface area contributed by atoms with Crippen LogP contribution in [0.4, 0.5) is 4.39 Å². The van der Waals surface area contributed by atoms with E-state index in [0.29, 0.717) is 11.2 Å². The van der Waals surface area contributed by atoms with E-state index in [1.165, 1.54) is 23.5 Å². The van der Waals surface area contributed by atoms with E-state index in [9.17, 15) is 9.18 Å². The van der Waals surface area contributed by atoms with Crippen LogP contribution in [0.1, 0.15) is 11.1 Å². The number of thiophene rings is 1. The second-order valence-corrected chi connectivity index (χ2v) is 6.83. The van der Waals surface area contributed by atoms with Crippen LogP contribution in [0.2, 0.25) is 0 Å². The molecular weight excluding hydrogens is 335 g/mol. The first-order valence-corrected chi connectivity index (χ1v) is 8.78. The lowest BCUT2D eigenvalue weighted by atomic mass is 10.0. The number of halogens is 1. The van der Waals surface area contributed by atoms with Crippen LogP contribution < -0.4 is 5.56 Å². The number of benzene rings is 2. The number of rotatable bonds is 3. The van der Waals surface area contributed by atoms with Crippen LogP contribution in [-0.2, 0) is 6.54 Å². The zero-order valence-electron chi connectivity index (χ0n) is 13.6. The van der Waals surface area contributed by atoms with Crippen molar-refractivity contribution < 1.29 is 4.39 Å². The number of aryl methyl sites for hydroxylation is 1. The van der Waals surface area contributed by atoms with Gasteiger partial charge >= 0.3 is 0 Å². The van der Waals surface area contributed by atoms with Crippen molar-refractivity contribution in [3.63, 3.8) is 0 Å². The van der Waals surface area contributed by atoms with Gasteiger partial charge in [-0.15, -0.1) is 11.3 Å². The minimum absolute atomic E-state index is 0.0702. The third kappa shape index (κ3) is 2.87. The Morgan fingerprint density at radius 2 is 1.84 bits per heavy atom. The summed E-state index contributed by atoms with van der Waals surface area (Å²) in [6.45, 7) is 2.42. The first-order chi connectivity index (χ1) is 12.1. The van der Waals surface area contributed by atoms with Crippen LogP contribution in [0.15, 0.2) is 65.0 Å². The molecular formula is C20H15FN2OS. The molecule has 0 bridgehead atoms. The number of hydrogen-bond donors (Lipinski definition) is 0. The largest absolute Gasteiger partial charge is 0.294 e. The van der Waals surface area contributed by atoms with Crippen LogP contribution >= 0.6 is 11.3 Å². The topological polar surface area (TPSA) is 34.9 Å². The number of aromatic nitrogens is 2. The van der Waals surface area contributed by atoms with Crippen molar-refractivity contribution in [2.24, 2.45) is 0 Å². The molecule has 124 valence electrons. The Kier molecular flexibility index (Phi) is 3.93. The molecule has 2 aromatic heterocycles. The quantitative estimate of drug-likeness (QED) is 0.540. The standard InChI is InChI=1S/C20H15FN2OS/c1-13-4-2-3-5-16(13)17-11-25-19-18(17)22-12-23(20(19)24)10-14-6-8-15(21)9-7-14/h2-9,11-12H,10H2,1H3. The lowest BCUT2D eigenvalue weighted by Crippen LogP contribution is -2.20. The highest BCUT2D eigenvalue weighted by molar-refractivity contribution is 7.17. The van der Waals surface area contributed by atoms with E-state index >= 15 is 0 Å². The first-order valence-electron chi connectivity index (χ1n) is 7.90. The summed E-state index contributed by atoms with van der Waals surface area (Å²) in [5, 5.41) is 1.99. The van der Waals surface area contributed by atoms with Gasteiger partial charge in [-0.3, -0.25) is 9.36 Å². The van der Waals surface area contributed by atoms with Crippen molar-refractivity contribution in [1.29, 1.82) is 0 Å². The summed E-state index contributed by atoms with van der Waals surface area (Å²) in [7, 11) is 0. The molecule has 25 heavy (non-hydrogen) atoms. The van der Waals surface area contributed by atoms with Crippen molar-refractivity contribution >= 4 is 21.6 Å². The second-order valence-electron chi connectivity index (χ2n) is 5.95. The summed E-state index contributed by atoms with van der Waals surface area (Å²) >= 11 is 1.42. The van der Waals surface area contributed by atoms with Crippen LogP contribution in [0.5, 0.6) is 0 Å². The fourth-order valence-electron chi connectivity index (χ4n) is 2.91.